The highest BCUT2D eigenvalue weighted by molar-refractivity contribution is 5.81. The average molecular weight is 448 g/mol. The van der Waals surface area contributed by atoms with Gasteiger partial charge in [0.05, 0.1) is 17.9 Å². The Labute approximate surface area is 185 Å². The summed E-state index contributed by atoms with van der Waals surface area (Å²) in [6.07, 6.45) is -2.18. The molecule has 0 unspecified atom stereocenters. The molecule has 2 aromatic rings. The van der Waals surface area contributed by atoms with Crippen molar-refractivity contribution in [3.05, 3.63) is 52.5 Å². The normalized spacial score (nSPS) is 17.0. The van der Waals surface area contributed by atoms with Gasteiger partial charge in [0.25, 0.3) is 0 Å². The van der Waals surface area contributed by atoms with Crippen LogP contribution in [0.3, 0.4) is 0 Å². The van der Waals surface area contributed by atoms with Crippen LogP contribution in [0.1, 0.15) is 41.1 Å². The highest BCUT2D eigenvalue weighted by Crippen LogP contribution is 2.33. The van der Waals surface area contributed by atoms with Crippen molar-refractivity contribution in [3.8, 4) is 0 Å². The molecule has 2 heterocycles. The first-order valence-corrected chi connectivity index (χ1v) is 10.8. The number of aromatic nitrogens is 2. The van der Waals surface area contributed by atoms with E-state index >= 15 is 0 Å². The molecule has 1 amide bonds. The molecule has 1 aromatic carbocycles. The van der Waals surface area contributed by atoms with E-state index in [1.54, 1.807) is 20.1 Å². The van der Waals surface area contributed by atoms with Gasteiger partial charge in [0.2, 0.25) is 5.91 Å². The fourth-order valence-electron chi connectivity index (χ4n) is 4.13. The number of ether oxygens (including phenoxy) is 1. The van der Waals surface area contributed by atoms with Gasteiger partial charge in [0, 0.05) is 51.2 Å². The Morgan fingerprint density at radius 1 is 1.16 bits per heavy atom. The lowest BCUT2D eigenvalue weighted by Crippen LogP contribution is -2.49. The van der Waals surface area contributed by atoms with Crippen molar-refractivity contribution in [1.82, 2.24) is 14.9 Å². The van der Waals surface area contributed by atoms with E-state index in [2.05, 4.69) is 14.9 Å². The van der Waals surface area contributed by atoms with Crippen molar-refractivity contribution in [2.45, 2.75) is 39.0 Å². The Morgan fingerprint density at radius 3 is 2.50 bits per heavy atom. The van der Waals surface area contributed by atoms with Crippen LogP contribution in [0.4, 0.5) is 19.0 Å². The molecule has 1 aliphatic heterocycles. The van der Waals surface area contributed by atoms with E-state index in [0.717, 1.165) is 24.5 Å². The van der Waals surface area contributed by atoms with Gasteiger partial charge in [-0.3, -0.25) is 4.79 Å². The fourth-order valence-corrected chi connectivity index (χ4v) is 4.13. The second-order valence-corrected chi connectivity index (χ2v) is 8.41. The molecular formula is C23H27F3N4O2. The largest absolute Gasteiger partial charge is 0.416 e. The lowest BCUT2D eigenvalue weighted by Gasteiger charge is -2.36. The van der Waals surface area contributed by atoms with Crippen molar-refractivity contribution in [1.29, 1.82) is 0 Å². The molecule has 1 saturated heterocycles. The predicted molar refractivity (Wildman–Crippen MR) is 113 cm³/mol. The molecule has 1 aromatic heterocycles. The minimum absolute atomic E-state index is 0.188. The van der Waals surface area contributed by atoms with E-state index in [0.29, 0.717) is 49.1 Å². The van der Waals surface area contributed by atoms with Gasteiger partial charge in [-0.15, -0.1) is 0 Å². The molecule has 0 N–H and O–H groups in total. The number of hydrogen-bond donors (Lipinski definition) is 0. The second kappa shape index (κ2) is 9.05. The quantitative estimate of drug-likeness (QED) is 0.676. The van der Waals surface area contributed by atoms with Gasteiger partial charge in [0.1, 0.15) is 11.6 Å². The molecule has 1 saturated carbocycles. The summed E-state index contributed by atoms with van der Waals surface area (Å²) in [4.78, 5) is 25.6. The van der Waals surface area contributed by atoms with Gasteiger partial charge in [0.15, 0.2) is 0 Å². The van der Waals surface area contributed by atoms with Crippen molar-refractivity contribution in [3.63, 3.8) is 0 Å². The van der Waals surface area contributed by atoms with Crippen LogP contribution in [-0.4, -0.2) is 54.1 Å². The molecule has 6 nitrogen and oxygen atoms in total. The number of halogens is 3. The number of anilines is 1. The van der Waals surface area contributed by atoms with Gasteiger partial charge >= 0.3 is 6.18 Å². The number of alkyl halides is 3. The van der Waals surface area contributed by atoms with Crippen LogP contribution in [0.25, 0.3) is 0 Å². The monoisotopic (exact) mass is 448 g/mol. The van der Waals surface area contributed by atoms with Crippen LogP contribution < -0.4 is 4.90 Å². The number of methoxy groups -OCH3 is 1. The fraction of sp³-hybridized carbons (Fsp3) is 0.522. The Bertz CT molecular complexity index is 984. The van der Waals surface area contributed by atoms with Gasteiger partial charge in [-0.05, 0) is 31.4 Å². The van der Waals surface area contributed by atoms with Crippen molar-refractivity contribution in [2.24, 2.45) is 5.92 Å². The van der Waals surface area contributed by atoms with Crippen LogP contribution in [0.2, 0.25) is 0 Å². The first kappa shape index (κ1) is 22.5. The van der Waals surface area contributed by atoms with E-state index < -0.39 is 11.7 Å². The van der Waals surface area contributed by atoms with Crippen molar-refractivity contribution >= 4 is 11.7 Å². The van der Waals surface area contributed by atoms with Gasteiger partial charge in [-0.25, -0.2) is 9.97 Å². The summed E-state index contributed by atoms with van der Waals surface area (Å²) in [5.74, 6) is 1.71. The SMILES string of the molecule is COCc1nc(C)nc(N2CCN(C(=O)C3CC3)CC2)c1Cc1cccc(C(F)(F)F)c1. The molecule has 4 rings (SSSR count). The van der Waals surface area contributed by atoms with Gasteiger partial charge in [-0.1, -0.05) is 18.2 Å². The molecular weight excluding hydrogens is 421 g/mol. The van der Waals surface area contributed by atoms with E-state index in [1.807, 2.05) is 4.90 Å². The highest BCUT2D eigenvalue weighted by Gasteiger charge is 2.35. The van der Waals surface area contributed by atoms with Crippen LogP contribution in [0, 0.1) is 12.8 Å². The maximum Gasteiger partial charge on any atom is 0.416 e. The highest BCUT2D eigenvalue weighted by atomic mass is 19.4. The van der Waals surface area contributed by atoms with Crippen molar-refractivity contribution < 1.29 is 22.7 Å². The molecule has 1 aliphatic carbocycles. The number of piperazine rings is 1. The molecule has 2 aliphatic rings. The third-order valence-corrected chi connectivity index (χ3v) is 5.92. The number of hydrogen-bond acceptors (Lipinski definition) is 5. The number of nitrogens with zero attached hydrogens (tertiary/aromatic N) is 4. The number of carbonyl (C=O) groups excluding carboxylic acids is 1. The Hall–Kier alpha value is -2.68. The number of aryl methyl sites for hydroxylation is 1. The topological polar surface area (TPSA) is 58.6 Å². The Kier molecular flexibility index (Phi) is 6.37. The molecule has 0 bridgehead atoms. The zero-order valence-corrected chi connectivity index (χ0v) is 18.3. The van der Waals surface area contributed by atoms with Crippen LogP contribution in [0.5, 0.6) is 0 Å². The number of carbonyl (C=O) groups is 1. The van der Waals surface area contributed by atoms with Crippen LogP contribution >= 0.6 is 0 Å². The molecule has 0 radical (unpaired) electrons. The molecule has 2 fully saturated rings. The van der Waals surface area contributed by atoms with Gasteiger partial charge in [-0.2, -0.15) is 13.2 Å². The minimum atomic E-state index is -4.40. The summed E-state index contributed by atoms with van der Waals surface area (Å²) >= 11 is 0. The Balaban J connectivity index is 1.62. The smallest absolute Gasteiger partial charge is 0.378 e. The summed E-state index contributed by atoms with van der Waals surface area (Å²) in [5.41, 5.74) is 1.29. The third kappa shape index (κ3) is 5.03. The first-order valence-electron chi connectivity index (χ1n) is 10.8. The van der Waals surface area contributed by atoms with E-state index in [-0.39, 0.29) is 24.9 Å². The molecule has 9 heteroatoms. The number of benzene rings is 1. The third-order valence-electron chi connectivity index (χ3n) is 5.92. The van der Waals surface area contributed by atoms with E-state index in [4.69, 9.17) is 4.74 Å². The summed E-state index contributed by atoms with van der Waals surface area (Å²) in [7, 11) is 1.56. The molecule has 0 atom stereocenters. The molecule has 0 spiro atoms. The maximum absolute atomic E-state index is 13.2. The summed E-state index contributed by atoms with van der Waals surface area (Å²) in [5, 5.41) is 0. The summed E-state index contributed by atoms with van der Waals surface area (Å²) in [6, 6.07) is 5.35. The number of rotatable bonds is 6. The van der Waals surface area contributed by atoms with Crippen molar-refractivity contribution in [2.75, 3.05) is 38.2 Å². The lowest BCUT2D eigenvalue weighted by molar-refractivity contribution is -0.137. The Morgan fingerprint density at radius 2 is 1.88 bits per heavy atom. The minimum Gasteiger partial charge on any atom is -0.378 e. The molecule has 32 heavy (non-hydrogen) atoms. The maximum atomic E-state index is 13.2. The van der Waals surface area contributed by atoms with Crippen LogP contribution in [0.15, 0.2) is 24.3 Å². The molecule has 172 valence electrons. The summed E-state index contributed by atoms with van der Waals surface area (Å²) < 4.78 is 44.9. The second-order valence-electron chi connectivity index (χ2n) is 8.41. The van der Waals surface area contributed by atoms with Gasteiger partial charge < -0.3 is 14.5 Å². The average Bonchev–Trinajstić information content (AvgIpc) is 3.60. The van der Waals surface area contributed by atoms with E-state index in [1.165, 1.54) is 12.1 Å². The lowest BCUT2D eigenvalue weighted by atomic mass is 10.0. The number of amides is 1. The van der Waals surface area contributed by atoms with Crippen LogP contribution in [-0.2, 0) is 28.7 Å². The summed E-state index contributed by atoms with van der Waals surface area (Å²) in [6.45, 7) is 4.50. The van der Waals surface area contributed by atoms with E-state index in [9.17, 15) is 18.0 Å². The zero-order valence-electron chi connectivity index (χ0n) is 18.3. The zero-order chi connectivity index (χ0) is 22.9. The first-order chi connectivity index (χ1) is 15.3. The predicted octanol–water partition coefficient (Wildman–Crippen LogP) is 3.60. The standard InChI is InChI=1S/C23H27F3N4O2/c1-15-27-20(14-32-2)19(13-16-4-3-5-18(12-16)23(24,25)26)21(28-15)29-8-10-30(11-9-29)22(31)17-6-7-17/h3-5,12,17H,6-11,13-14H2,1-2H3.